The summed E-state index contributed by atoms with van der Waals surface area (Å²) < 4.78 is 5.23. The lowest BCUT2D eigenvalue weighted by Crippen LogP contribution is -2.54. The number of carbonyl (C=O) groups is 1. The maximum absolute atomic E-state index is 12.4. The van der Waals surface area contributed by atoms with Crippen LogP contribution in [0.4, 0.5) is 0 Å². The van der Waals surface area contributed by atoms with Crippen molar-refractivity contribution in [2.24, 2.45) is 0 Å². The molecule has 2 heterocycles. The summed E-state index contributed by atoms with van der Waals surface area (Å²) in [5, 5.41) is 13.6. The number of amides is 1. The first-order valence-electron chi connectivity index (χ1n) is 8.14. The molecule has 1 amide bonds. The Hall–Kier alpha value is -1.05. The number of nitrogens with zero attached hydrogens (tertiary/aromatic N) is 2. The molecule has 0 radical (unpaired) electrons. The lowest BCUT2D eigenvalue weighted by molar-refractivity contribution is -0.138. The molecule has 8 heteroatoms. The summed E-state index contributed by atoms with van der Waals surface area (Å²) in [6.45, 7) is 4.52. The Bertz CT molecular complexity index is 568. The number of methoxy groups -OCH3 is 1. The minimum Gasteiger partial charge on any atom is -0.497 e. The van der Waals surface area contributed by atoms with Gasteiger partial charge in [0.1, 0.15) is 5.75 Å². The largest absolute Gasteiger partial charge is 0.497 e. The van der Waals surface area contributed by atoms with Crippen molar-refractivity contribution in [3.05, 3.63) is 29.8 Å². The normalized spacial score (nSPS) is 23.8. The highest BCUT2D eigenvalue weighted by Gasteiger charge is 2.35. The number of nitrogens with one attached hydrogen (secondary N) is 1. The van der Waals surface area contributed by atoms with E-state index in [0.717, 1.165) is 30.8 Å². The molecule has 0 aliphatic carbocycles. The number of β-amino-alcohol motifs (C(OH)–C–C–N with tert-alkyl or cyclic N) is 1. The summed E-state index contributed by atoms with van der Waals surface area (Å²) in [4.78, 5) is 16.3. The predicted molar refractivity (Wildman–Crippen MR) is 102 cm³/mol. The number of hydrogen-bond acceptors (Lipinski definition) is 5. The van der Waals surface area contributed by atoms with E-state index in [1.807, 2.05) is 29.2 Å². The fourth-order valence-corrected chi connectivity index (χ4v) is 3.33. The predicted octanol–water partition coefficient (Wildman–Crippen LogP) is 0.907. The molecule has 1 aromatic carbocycles. The molecule has 1 atom stereocenters. The van der Waals surface area contributed by atoms with Crippen LogP contribution in [-0.2, 0) is 11.3 Å². The van der Waals surface area contributed by atoms with Crippen molar-refractivity contribution in [2.75, 3.05) is 46.4 Å². The molecule has 2 N–H and O–H groups in total. The van der Waals surface area contributed by atoms with Crippen LogP contribution >= 0.6 is 24.8 Å². The molecule has 0 spiro atoms. The first-order valence-corrected chi connectivity index (χ1v) is 8.14. The van der Waals surface area contributed by atoms with Crippen molar-refractivity contribution in [3.63, 3.8) is 0 Å². The second kappa shape index (κ2) is 9.59. The molecule has 1 unspecified atom stereocenters. The Morgan fingerprint density at radius 3 is 2.76 bits per heavy atom. The van der Waals surface area contributed by atoms with Gasteiger partial charge in [0.2, 0.25) is 5.91 Å². The van der Waals surface area contributed by atoms with Crippen LogP contribution in [0.2, 0.25) is 0 Å². The summed E-state index contributed by atoms with van der Waals surface area (Å²) in [6, 6.07) is 7.82. The Labute approximate surface area is 161 Å². The number of rotatable bonds is 5. The van der Waals surface area contributed by atoms with Gasteiger partial charge in [0.05, 0.1) is 19.3 Å². The van der Waals surface area contributed by atoms with Crippen LogP contribution in [0.25, 0.3) is 0 Å². The lowest BCUT2D eigenvalue weighted by Gasteiger charge is -2.37. The van der Waals surface area contributed by atoms with Crippen molar-refractivity contribution in [1.82, 2.24) is 15.1 Å². The van der Waals surface area contributed by atoms with E-state index in [1.165, 1.54) is 0 Å². The van der Waals surface area contributed by atoms with Gasteiger partial charge in [0.25, 0.3) is 0 Å². The number of aliphatic hydroxyl groups is 1. The zero-order valence-corrected chi connectivity index (χ0v) is 16.1. The van der Waals surface area contributed by atoms with Crippen molar-refractivity contribution in [3.8, 4) is 5.75 Å². The fourth-order valence-electron chi connectivity index (χ4n) is 3.33. The fraction of sp³-hybridized carbons (Fsp3) is 0.588. The van der Waals surface area contributed by atoms with E-state index in [-0.39, 0.29) is 30.7 Å². The highest BCUT2D eigenvalue weighted by molar-refractivity contribution is 5.85. The van der Waals surface area contributed by atoms with Gasteiger partial charge in [-0.05, 0) is 30.7 Å². The highest BCUT2D eigenvalue weighted by atomic mass is 35.5. The van der Waals surface area contributed by atoms with Gasteiger partial charge in [-0.2, -0.15) is 0 Å². The third kappa shape index (κ3) is 5.72. The SMILES string of the molecule is COc1cccc(CN2CCN(CC3(O)CCNC3)CC2=O)c1.Cl.Cl. The van der Waals surface area contributed by atoms with Gasteiger partial charge in [0.15, 0.2) is 0 Å². The summed E-state index contributed by atoms with van der Waals surface area (Å²) >= 11 is 0. The molecule has 25 heavy (non-hydrogen) atoms. The van der Waals surface area contributed by atoms with Crippen molar-refractivity contribution in [1.29, 1.82) is 0 Å². The van der Waals surface area contributed by atoms with Crippen LogP contribution in [0.1, 0.15) is 12.0 Å². The van der Waals surface area contributed by atoms with Crippen LogP contribution in [0.15, 0.2) is 24.3 Å². The van der Waals surface area contributed by atoms with Gasteiger partial charge in [-0.3, -0.25) is 9.69 Å². The topological polar surface area (TPSA) is 65.0 Å². The molecule has 0 bridgehead atoms. The van der Waals surface area contributed by atoms with E-state index in [1.54, 1.807) is 7.11 Å². The minimum atomic E-state index is -0.685. The molecule has 2 aliphatic heterocycles. The van der Waals surface area contributed by atoms with E-state index in [2.05, 4.69) is 10.2 Å². The van der Waals surface area contributed by atoms with Crippen LogP contribution in [0, 0.1) is 0 Å². The van der Waals surface area contributed by atoms with Crippen LogP contribution in [0.3, 0.4) is 0 Å². The summed E-state index contributed by atoms with van der Waals surface area (Å²) in [5.41, 5.74) is 0.389. The monoisotopic (exact) mass is 391 g/mol. The number of ether oxygens (including phenoxy) is 1. The van der Waals surface area contributed by atoms with Crippen LogP contribution in [-0.4, -0.2) is 72.8 Å². The lowest BCUT2D eigenvalue weighted by atomic mass is 10.0. The molecule has 3 rings (SSSR count). The van der Waals surface area contributed by atoms with E-state index in [4.69, 9.17) is 4.74 Å². The first kappa shape index (κ1) is 22.0. The Balaban J connectivity index is 0.00000156. The van der Waals surface area contributed by atoms with Gasteiger partial charge in [-0.15, -0.1) is 24.8 Å². The maximum Gasteiger partial charge on any atom is 0.237 e. The van der Waals surface area contributed by atoms with Gasteiger partial charge >= 0.3 is 0 Å². The van der Waals surface area contributed by atoms with Crippen LogP contribution in [0.5, 0.6) is 5.75 Å². The number of piperazine rings is 1. The van der Waals surface area contributed by atoms with E-state index in [9.17, 15) is 9.90 Å². The second-order valence-corrected chi connectivity index (χ2v) is 6.53. The zero-order chi connectivity index (χ0) is 16.3. The molecular weight excluding hydrogens is 365 g/mol. The van der Waals surface area contributed by atoms with E-state index >= 15 is 0 Å². The van der Waals surface area contributed by atoms with E-state index < -0.39 is 5.60 Å². The number of hydrogen-bond donors (Lipinski definition) is 2. The van der Waals surface area contributed by atoms with Gasteiger partial charge < -0.3 is 20.1 Å². The summed E-state index contributed by atoms with van der Waals surface area (Å²) in [6.07, 6.45) is 0.755. The molecule has 2 fully saturated rings. The van der Waals surface area contributed by atoms with Crippen LogP contribution < -0.4 is 10.1 Å². The smallest absolute Gasteiger partial charge is 0.237 e. The Morgan fingerprint density at radius 1 is 1.32 bits per heavy atom. The third-order valence-electron chi connectivity index (χ3n) is 4.64. The Morgan fingerprint density at radius 2 is 2.12 bits per heavy atom. The average molecular weight is 392 g/mol. The summed E-state index contributed by atoms with van der Waals surface area (Å²) in [7, 11) is 1.64. The Kier molecular flexibility index (Phi) is 8.44. The molecule has 6 nitrogen and oxygen atoms in total. The molecule has 0 saturated carbocycles. The number of halogens is 2. The molecule has 2 saturated heterocycles. The van der Waals surface area contributed by atoms with Crippen molar-refractivity contribution in [2.45, 2.75) is 18.6 Å². The van der Waals surface area contributed by atoms with Gasteiger partial charge in [-0.1, -0.05) is 12.1 Å². The average Bonchev–Trinajstić information content (AvgIpc) is 2.96. The van der Waals surface area contributed by atoms with Crippen molar-refractivity contribution >= 4 is 30.7 Å². The van der Waals surface area contributed by atoms with Crippen molar-refractivity contribution < 1.29 is 14.6 Å². The van der Waals surface area contributed by atoms with Gasteiger partial charge in [-0.25, -0.2) is 0 Å². The standard InChI is InChI=1S/C17H25N3O3.2ClH/c1-23-15-4-2-3-14(9-15)10-20-8-7-19(11-16(20)21)13-17(22)5-6-18-12-17;;/h2-4,9,18,22H,5-8,10-13H2,1H3;2*1H. The second-order valence-electron chi connectivity index (χ2n) is 6.53. The number of carbonyl (C=O) groups excluding carboxylic acids is 1. The molecule has 142 valence electrons. The third-order valence-corrected chi connectivity index (χ3v) is 4.64. The highest BCUT2D eigenvalue weighted by Crippen LogP contribution is 2.19. The number of benzene rings is 1. The molecule has 1 aromatic rings. The molecule has 0 aromatic heterocycles. The molecular formula is C17H27Cl2N3O3. The first-order chi connectivity index (χ1) is 11.1. The zero-order valence-electron chi connectivity index (χ0n) is 14.4. The van der Waals surface area contributed by atoms with E-state index in [0.29, 0.717) is 32.7 Å². The van der Waals surface area contributed by atoms with Gasteiger partial charge in [0, 0.05) is 32.7 Å². The minimum absolute atomic E-state index is 0. The summed E-state index contributed by atoms with van der Waals surface area (Å²) in [5.74, 6) is 0.929. The molecule has 2 aliphatic rings. The maximum atomic E-state index is 12.4. The quantitative estimate of drug-likeness (QED) is 0.780.